The van der Waals surface area contributed by atoms with E-state index in [9.17, 15) is 4.79 Å². The van der Waals surface area contributed by atoms with Gasteiger partial charge in [-0.15, -0.1) is 0 Å². The summed E-state index contributed by atoms with van der Waals surface area (Å²) in [5, 5.41) is 0.172. The maximum Gasteiger partial charge on any atom is 0.245 e. The Morgan fingerprint density at radius 2 is 1.31 bits per heavy atom. The van der Waals surface area contributed by atoms with Gasteiger partial charge in [0.15, 0.2) is 8.45 Å². The Labute approximate surface area is 186 Å². The molecule has 0 aliphatic heterocycles. The molecule has 29 heavy (non-hydrogen) atoms. The van der Waals surface area contributed by atoms with E-state index < -0.39 is 8.45 Å². The van der Waals surface area contributed by atoms with Crippen molar-refractivity contribution in [2.75, 3.05) is 46.8 Å². The molecule has 0 amide bonds. The molecule has 0 radical (unpaired) electrons. The van der Waals surface area contributed by atoms with Gasteiger partial charge in [0.1, 0.15) is 6.54 Å². The van der Waals surface area contributed by atoms with Crippen LogP contribution in [-0.2, 0) is 14.1 Å². The molecule has 0 aromatic rings. The van der Waals surface area contributed by atoms with Gasteiger partial charge in [0.25, 0.3) is 0 Å². The van der Waals surface area contributed by atoms with Crippen molar-refractivity contribution in [1.82, 2.24) is 9.34 Å². The van der Waals surface area contributed by atoms with Crippen LogP contribution in [0, 0.1) is 0 Å². The average molecular weight is 453 g/mol. The molecule has 0 aliphatic carbocycles. The topological polar surface area (TPSA) is 42.0 Å². The van der Waals surface area contributed by atoms with E-state index in [1.807, 2.05) is 21.1 Å². The van der Waals surface area contributed by atoms with Gasteiger partial charge in [0.05, 0.1) is 33.7 Å². The Morgan fingerprint density at radius 1 is 0.862 bits per heavy atom. The van der Waals surface area contributed by atoms with E-state index in [4.69, 9.17) is 9.26 Å². The van der Waals surface area contributed by atoms with Gasteiger partial charge in [0.2, 0.25) is 5.12 Å². The Hall–Kier alpha value is 0.250. The van der Waals surface area contributed by atoms with Crippen LogP contribution in [0.4, 0.5) is 0 Å². The van der Waals surface area contributed by atoms with Gasteiger partial charge in [-0.05, 0) is 61.8 Å². The SMILES string of the molecule is CC(C)N(C(C)C)P(OCCCOCSC(=O)C[N+](C)(C)C)N(C(C)C)C(C)C. The number of quaternary nitrogens is 1. The lowest BCUT2D eigenvalue weighted by Gasteiger charge is -2.45. The molecule has 0 N–H and O–H groups in total. The van der Waals surface area contributed by atoms with Gasteiger partial charge >= 0.3 is 0 Å². The normalized spacial score (nSPS) is 13.3. The van der Waals surface area contributed by atoms with Gasteiger partial charge in [0, 0.05) is 30.8 Å². The zero-order chi connectivity index (χ0) is 22.8. The number of carbonyl (C=O) groups excluding carboxylic acids is 1. The molecule has 0 bridgehead atoms. The van der Waals surface area contributed by atoms with Crippen LogP contribution < -0.4 is 0 Å². The predicted molar refractivity (Wildman–Crippen MR) is 128 cm³/mol. The van der Waals surface area contributed by atoms with Crippen molar-refractivity contribution in [3.8, 4) is 0 Å². The molecule has 0 saturated carbocycles. The fraction of sp³-hybridized carbons (Fsp3) is 0.952. The Balaban J connectivity index is 4.59. The lowest BCUT2D eigenvalue weighted by molar-refractivity contribution is -0.861. The zero-order valence-electron chi connectivity index (χ0n) is 20.8. The molecule has 6 nitrogen and oxygen atoms in total. The first-order valence-electron chi connectivity index (χ1n) is 10.8. The summed E-state index contributed by atoms with van der Waals surface area (Å²) >= 11 is 1.26. The number of hydrogen-bond donors (Lipinski definition) is 0. The number of nitrogens with zero attached hydrogens (tertiary/aromatic N) is 3. The first kappa shape index (κ1) is 29.2. The van der Waals surface area contributed by atoms with Crippen LogP contribution in [0.1, 0.15) is 61.8 Å². The minimum Gasteiger partial charge on any atom is -0.370 e. The fourth-order valence-corrected chi connectivity index (χ4v) is 6.33. The first-order chi connectivity index (χ1) is 13.3. The molecule has 8 heteroatoms. The van der Waals surface area contributed by atoms with Crippen LogP contribution in [0.5, 0.6) is 0 Å². The largest absolute Gasteiger partial charge is 0.370 e. The van der Waals surface area contributed by atoms with Gasteiger partial charge in [-0.25, -0.2) is 9.34 Å². The molecule has 0 rings (SSSR count). The van der Waals surface area contributed by atoms with E-state index in [1.54, 1.807) is 0 Å². The van der Waals surface area contributed by atoms with Crippen LogP contribution >= 0.6 is 20.2 Å². The lowest BCUT2D eigenvalue weighted by atomic mass is 10.3. The summed E-state index contributed by atoms with van der Waals surface area (Å²) in [5.41, 5.74) is 0. The lowest BCUT2D eigenvalue weighted by Crippen LogP contribution is -2.43. The van der Waals surface area contributed by atoms with Gasteiger partial charge in [-0.1, -0.05) is 11.8 Å². The van der Waals surface area contributed by atoms with Crippen molar-refractivity contribution in [2.24, 2.45) is 0 Å². The second kappa shape index (κ2) is 14.3. The number of hydrogen-bond acceptors (Lipinski definition) is 6. The van der Waals surface area contributed by atoms with Crippen LogP contribution in [0.25, 0.3) is 0 Å². The van der Waals surface area contributed by atoms with Gasteiger partial charge < -0.3 is 13.7 Å². The summed E-state index contributed by atoms with van der Waals surface area (Å²) in [6.07, 6.45) is 0.830. The smallest absolute Gasteiger partial charge is 0.245 e. The summed E-state index contributed by atoms with van der Waals surface area (Å²) in [6.45, 7) is 19.7. The summed E-state index contributed by atoms with van der Waals surface area (Å²) in [6, 6.07) is 1.67. The molecule has 0 spiro atoms. The predicted octanol–water partition coefficient (Wildman–Crippen LogP) is 4.80. The van der Waals surface area contributed by atoms with E-state index in [2.05, 4.69) is 64.7 Å². The van der Waals surface area contributed by atoms with Crippen molar-refractivity contribution in [1.29, 1.82) is 0 Å². The second-order valence-corrected chi connectivity index (χ2v) is 12.2. The third-order valence-corrected chi connectivity index (χ3v) is 7.84. The molecule has 0 fully saturated rings. The molecule has 0 aliphatic rings. The first-order valence-corrected chi connectivity index (χ1v) is 13.0. The fourth-order valence-electron chi connectivity index (χ4n) is 3.14. The monoisotopic (exact) mass is 452 g/mol. The highest BCUT2D eigenvalue weighted by atomic mass is 32.2. The third-order valence-electron chi connectivity index (χ3n) is 4.06. The number of rotatable bonds is 15. The molecule has 0 heterocycles. The molecular weight excluding hydrogens is 405 g/mol. The molecule has 0 atom stereocenters. The Morgan fingerprint density at radius 3 is 1.69 bits per heavy atom. The summed E-state index contributed by atoms with van der Waals surface area (Å²) in [4.78, 5) is 11.9. The van der Waals surface area contributed by atoms with Crippen molar-refractivity contribution < 1.29 is 18.5 Å². The number of thioether (sulfide) groups is 1. The number of ether oxygens (including phenoxy) is 1. The second-order valence-electron chi connectivity index (χ2n) is 9.57. The van der Waals surface area contributed by atoms with E-state index in [0.29, 0.717) is 54.3 Å². The maximum absolute atomic E-state index is 11.9. The van der Waals surface area contributed by atoms with Crippen LogP contribution in [0.3, 0.4) is 0 Å². The van der Waals surface area contributed by atoms with Crippen LogP contribution in [0.15, 0.2) is 0 Å². The molecule has 0 saturated heterocycles. The highest BCUT2D eigenvalue weighted by Crippen LogP contribution is 2.50. The highest BCUT2D eigenvalue weighted by molar-refractivity contribution is 8.13. The molecule has 174 valence electrons. The number of likely N-dealkylation sites (N-methyl/N-ethyl adjacent to an activating group) is 1. The summed E-state index contributed by atoms with van der Waals surface area (Å²) in [7, 11) is 5.21. The summed E-state index contributed by atoms with van der Waals surface area (Å²) in [5.74, 6) is 0.418. The number of carbonyl (C=O) groups is 1. The van der Waals surface area contributed by atoms with Crippen molar-refractivity contribution in [3.63, 3.8) is 0 Å². The Bertz CT molecular complexity index is 421. The molecule has 0 aromatic carbocycles. The summed E-state index contributed by atoms with van der Waals surface area (Å²) < 4.78 is 17.7. The molecule has 0 aromatic heterocycles. The van der Waals surface area contributed by atoms with Gasteiger partial charge in [-0.3, -0.25) is 4.79 Å². The van der Waals surface area contributed by atoms with Crippen molar-refractivity contribution in [2.45, 2.75) is 86.0 Å². The average Bonchev–Trinajstić information content (AvgIpc) is 2.50. The van der Waals surface area contributed by atoms with Crippen LogP contribution in [0.2, 0.25) is 0 Å². The van der Waals surface area contributed by atoms with Gasteiger partial charge in [-0.2, -0.15) is 0 Å². The minimum atomic E-state index is -0.846. The molecular formula is C21H47N3O3PS+. The van der Waals surface area contributed by atoms with Crippen molar-refractivity contribution >= 4 is 25.3 Å². The minimum absolute atomic E-state index is 0.172. The van der Waals surface area contributed by atoms with E-state index in [1.165, 1.54) is 11.8 Å². The molecule has 0 unspecified atom stereocenters. The standard InChI is InChI=1S/C21H47N3O3PS/c1-17(2)22(18(3)4)28(23(19(5)6)20(7)8)27-14-12-13-26-16-29-21(25)15-24(9,10)11/h17-20H,12-16H2,1-11H3/q+1. The van der Waals surface area contributed by atoms with Crippen LogP contribution in [-0.4, -0.2) is 89.9 Å². The Kier molecular flexibility index (Phi) is 14.5. The third kappa shape index (κ3) is 12.6. The maximum atomic E-state index is 11.9. The van der Waals surface area contributed by atoms with E-state index >= 15 is 0 Å². The quantitative estimate of drug-likeness (QED) is 0.154. The van der Waals surface area contributed by atoms with E-state index in [0.717, 1.165) is 6.42 Å². The van der Waals surface area contributed by atoms with Crippen molar-refractivity contribution in [3.05, 3.63) is 0 Å². The highest BCUT2D eigenvalue weighted by Gasteiger charge is 2.34. The van der Waals surface area contributed by atoms with E-state index in [-0.39, 0.29) is 5.12 Å². The zero-order valence-corrected chi connectivity index (χ0v) is 22.5.